The Morgan fingerprint density at radius 1 is 0.348 bits per heavy atom. The molecule has 4 atom stereocenters. The molecule has 0 saturated heterocycles. The maximum absolute atomic E-state index is 4.68. The smallest absolute Gasteiger partial charge is 0.236 e. The highest BCUT2D eigenvalue weighted by atomic mass is 32.1. The topological polar surface area (TPSA) is 343 Å². The molecule has 0 unspecified atom stereocenters. The molecular weight excluding hydrogens is 1490 g/mol. The third kappa shape index (κ3) is 14.8. The number of hydrogen-bond donors (Lipinski definition) is 4. The number of pyridine rings is 4. The third-order valence-corrected chi connectivity index (χ3v) is 22.3. The number of benzene rings is 4. The summed E-state index contributed by atoms with van der Waals surface area (Å²) in [5, 5.41) is 91.4. The largest absolute Gasteiger partial charge is 0.327 e. The molecule has 36 heteroatoms. The molecule has 20 aromatic rings. The maximum atomic E-state index is 4.68. The Hall–Kier alpha value is -13.3. The fourth-order valence-electron chi connectivity index (χ4n) is 13.0. The summed E-state index contributed by atoms with van der Waals surface area (Å²) >= 11 is 5.86. The summed E-state index contributed by atoms with van der Waals surface area (Å²) in [6, 6.07) is 41.2. The number of aromatic nitrogens is 28. The molecule has 112 heavy (non-hydrogen) atoms. The van der Waals surface area contributed by atoms with Gasteiger partial charge in [-0.05, 0) is 123 Å². The summed E-state index contributed by atoms with van der Waals surface area (Å²) < 4.78 is 14.5. The van der Waals surface area contributed by atoms with Crippen LogP contribution in [0.4, 0.5) is 43.3 Å². The Bertz CT molecular complexity index is 6330. The summed E-state index contributed by atoms with van der Waals surface area (Å²) in [5.41, 5.74) is 14.1. The van der Waals surface area contributed by atoms with Crippen LogP contribution >= 0.6 is 45.3 Å². The van der Waals surface area contributed by atoms with E-state index in [-0.39, 0.29) is 23.7 Å². The molecule has 0 radical (unpaired) electrons. The summed E-state index contributed by atoms with van der Waals surface area (Å²) in [5.74, 6) is 3.45. The van der Waals surface area contributed by atoms with Crippen LogP contribution in [0.15, 0.2) is 183 Å². The number of aryl methyl sites for hydroxylation is 6. The van der Waals surface area contributed by atoms with Gasteiger partial charge in [-0.15, -0.1) is 61.2 Å². The van der Waals surface area contributed by atoms with Crippen LogP contribution in [0.1, 0.15) is 122 Å². The van der Waals surface area contributed by atoms with Gasteiger partial charge in [0.25, 0.3) is 0 Å². The second-order valence-corrected chi connectivity index (χ2v) is 30.4. The molecule has 16 aromatic heterocycles. The SMILES string of the molecule is CCn1cc(Nc2nn3c([C@@H](C)c4ccc5ncccc5c4)nnc3s2)cn1.CCn1cc(Nc2nn3c([C@H](C)c4ccc5ncccc5c4)nnc3s2)cn1.Cc1nn(C)cc1Nc1nn2c([C@@H](C)c3ccc4ncccc4c3)nnc2s1.Cc1nn(C)cc1Nc1nn2c([C@H](C)c3ccc4ncccc4c3)nnc2s1. The first-order valence-electron chi connectivity index (χ1n) is 36.0. The highest BCUT2D eigenvalue weighted by molar-refractivity contribution is 7.21. The van der Waals surface area contributed by atoms with Crippen molar-refractivity contribution in [3.63, 3.8) is 0 Å². The van der Waals surface area contributed by atoms with Crippen LogP contribution in [0.5, 0.6) is 0 Å². The van der Waals surface area contributed by atoms with E-state index in [1.165, 1.54) is 45.3 Å². The van der Waals surface area contributed by atoms with Gasteiger partial charge in [-0.25, -0.2) is 0 Å². The molecule has 20 rings (SSSR count). The van der Waals surface area contributed by atoms with Crippen LogP contribution in [0, 0.1) is 13.8 Å². The molecule has 0 spiro atoms. The van der Waals surface area contributed by atoms with E-state index in [4.69, 9.17) is 0 Å². The molecule has 0 aliphatic carbocycles. The van der Waals surface area contributed by atoms with Gasteiger partial charge in [-0.3, -0.25) is 38.7 Å². The number of nitrogens with zero attached hydrogens (tertiary/aromatic N) is 28. The van der Waals surface area contributed by atoms with Crippen molar-refractivity contribution in [2.24, 2.45) is 14.1 Å². The van der Waals surface area contributed by atoms with E-state index < -0.39 is 0 Å². The average Bonchev–Trinajstić information content (AvgIpc) is 1.64. The predicted octanol–water partition coefficient (Wildman–Crippen LogP) is 15.0. The molecule has 32 nitrogen and oxygen atoms in total. The Morgan fingerprint density at radius 3 is 0.893 bits per heavy atom. The molecule has 0 aliphatic heterocycles. The molecule has 0 amide bonds. The van der Waals surface area contributed by atoms with Crippen LogP contribution < -0.4 is 21.3 Å². The van der Waals surface area contributed by atoms with Gasteiger partial charge >= 0.3 is 0 Å². The number of fused-ring (bicyclic) bond motifs is 8. The van der Waals surface area contributed by atoms with Crippen molar-refractivity contribution < 1.29 is 0 Å². The number of nitrogens with one attached hydrogen (secondary N) is 4. The van der Waals surface area contributed by atoms with Gasteiger partial charge in [0, 0.05) is 122 Å². The van der Waals surface area contributed by atoms with Gasteiger partial charge in [0.2, 0.25) is 40.4 Å². The minimum absolute atomic E-state index is 0.0506. The van der Waals surface area contributed by atoms with Gasteiger partial charge in [0.1, 0.15) is 0 Å². The van der Waals surface area contributed by atoms with Crippen molar-refractivity contribution in [2.75, 3.05) is 21.3 Å². The lowest BCUT2D eigenvalue weighted by atomic mass is 9.99. The summed E-state index contributed by atoms with van der Waals surface area (Å²) in [4.78, 5) is 20.6. The average molecular weight is 1560 g/mol. The lowest BCUT2D eigenvalue weighted by Crippen LogP contribution is -2.04. The van der Waals surface area contributed by atoms with Crippen molar-refractivity contribution in [1.29, 1.82) is 0 Å². The molecule has 0 aliphatic rings. The highest BCUT2D eigenvalue weighted by Gasteiger charge is 2.25. The van der Waals surface area contributed by atoms with E-state index in [2.05, 4.69) is 237 Å². The molecule has 4 N–H and O–H groups in total. The summed E-state index contributed by atoms with van der Waals surface area (Å²) in [6.45, 7) is 18.2. The molecule has 560 valence electrons. The summed E-state index contributed by atoms with van der Waals surface area (Å²) in [6.07, 6.45) is 18.6. The van der Waals surface area contributed by atoms with Crippen LogP contribution in [-0.4, -0.2) is 138 Å². The Balaban J connectivity index is 0.000000108. The minimum Gasteiger partial charge on any atom is -0.327 e. The zero-order valence-electron chi connectivity index (χ0n) is 62.2. The lowest BCUT2D eigenvalue weighted by Gasteiger charge is -2.10. The normalized spacial score (nSPS) is 12.7. The lowest BCUT2D eigenvalue weighted by molar-refractivity contribution is 0.660. The highest BCUT2D eigenvalue weighted by Crippen LogP contribution is 2.35. The third-order valence-electron chi connectivity index (χ3n) is 19.0. The van der Waals surface area contributed by atoms with E-state index in [0.29, 0.717) is 0 Å². The second-order valence-electron chi connectivity index (χ2n) is 26.6. The van der Waals surface area contributed by atoms with E-state index >= 15 is 0 Å². The van der Waals surface area contributed by atoms with Crippen molar-refractivity contribution >= 4 is 152 Å². The molecule has 4 aromatic carbocycles. The minimum atomic E-state index is 0.0506. The van der Waals surface area contributed by atoms with Gasteiger partial charge in [0.15, 0.2) is 23.3 Å². The van der Waals surface area contributed by atoms with Gasteiger partial charge in [-0.1, -0.05) is 122 Å². The van der Waals surface area contributed by atoms with Crippen molar-refractivity contribution in [1.82, 2.24) is 138 Å². The molecule has 0 fully saturated rings. The zero-order valence-corrected chi connectivity index (χ0v) is 65.5. The van der Waals surface area contributed by atoms with E-state index in [0.717, 1.165) is 177 Å². The maximum Gasteiger partial charge on any atom is 0.236 e. The zero-order chi connectivity index (χ0) is 76.7. The number of anilines is 8. The fourth-order valence-corrected chi connectivity index (χ4v) is 16.0. The quantitative estimate of drug-likeness (QED) is 0.0620. The monoisotopic (exact) mass is 1560 g/mol. The van der Waals surface area contributed by atoms with Crippen molar-refractivity contribution in [2.45, 2.75) is 92.2 Å². The van der Waals surface area contributed by atoms with Crippen LogP contribution in [0.3, 0.4) is 0 Å². The first-order valence-corrected chi connectivity index (χ1v) is 39.3. The van der Waals surface area contributed by atoms with E-state index in [1.54, 1.807) is 34.2 Å². The Kier molecular flexibility index (Phi) is 19.6. The van der Waals surface area contributed by atoms with E-state index in [9.17, 15) is 0 Å². The first-order chi connectivity index (χ1) is 54.6. The van der Waals surface area contributed by atoms with Gasteiger partial charge in [-0.2, -0.15) is 38.5 Å². The molecular formula is C76H72N32S4. The van der Waals surface area contributed by atoms with E-state index in [1.807, 2.05) is 141 Å². The van der Waals surface area contributed by atoms with Gasteiger partial charge < -0.3 is 21.3 Å². The second kappa shape index (κ2) is 30.6. The van der Waals surface area contributed by atoms with Crippen molar-refractivity contribution in [3.05, 3.63) is 240 Å². The molecule has 0 saturated carbocycles. The fraction of sp³-hybridized carbons (Fsp3) is 0.211. The van der Waals surface area contributed by atoms with Gasteiger partial charge in [0.05, 0.1) is 68.6 Å². The van der Waals surface area contributed by atoms with Crippen LogP contribution in [0.2, 0.25) is 0 Å². The Labute approximate surface area is 654 Å². The van der Waals surface area contributed by atoms with Crippen LogP contribution in [-0.2, 0) is 27.2 Å². The number of rotatable bonds is 18. The first kappa shape index (κ1) is 71.6. The molecule has 0 bridgehead atoms. The van der Waals surface area contributed by atoms with Crippen molar-refractivity contribution in [3.8, 4) is 0 Å². The molecule has 16 heterocycles. The standard InChI is InChI=1S/4C19H18N8S/c2*1-11(13-6-7-15-14(9-13)5-4-8-20-15)17-22-23-19-27(17)25-18(28-19)21-16-10-26(3)24-12(16)2;2*1-3-26-11-15(10-21-26)22-18-25-27-17(23-24-19(27)28-18)12(2)13-6-7-16-14(9-13)5-4-8-20-16/h2*4-11H,1-3H3,(H,21,25);2*4-12H,3H2,1-2H3,(H,22,25)/t2*11-;2*12-/m1010/s1. The summed E-state index contributed by atoms with van der Waals surface area (Å²) in [7, 11) is 3.80. The van der Waals surface area contributed by atoms with Crippen LogP contribution in [0.25, 0.3) is 63.5 Å². The predicted molar refractivity (Wildman–Crippen MR) is 436 cm³/mol. The number of hydrogen-bond acceptors (Lipinski definition) is 28. The Morgan fingerprint density at radius 2 is 0.634 bits per heavy atom.